The summed E-state index contributed by atoms with van der Waals surface area (Å²) in [7, 11) is 1.63. The van der Waals surface area contributed by atoms with Crippen molar-refractivity contribution < 1.29 is 23.7 Å². The Balaban J connectivity index is 1.81. The summed E-state index contributed by atoms with van der Waals surface area (Å²) in [5, 5.41) is 0. The largest absolute Gasteiger partial charge is 0.462 e. The van der Waals surface area contributed by atoms with Crippen molar-refractivity contribution in [1.29, 1.82) is 0 Å². The Morgan fingerprint density at radius 2 is 1.67 bits per heavy atom. The van der Waals surface area contributed by atoms with Crippen LogP contribution in [0.4, 0.5) is 0 Å². The van der Waals surface area contributed by atoms with Gasteiger partial charge in [-0.15, -0.1) is 0 Å². The lowest BCUT2D eigenvalue weighted by Gasteiger charge is -2.10. The maximum Gasteiger partial charge on any atom is 0.323 e. The van der Waals surface area contributed by atoms with E-state index >= 15 is 0 Å². The molecule has 0 amide bonds. The molecule has 2 N–H and O–H groups in total. The van der Waals surface area contributed by atoms with Crippen LogP contribution in [0.5, 0.6) is 0 Å². The minimum atomic E-state index is -0.456. The highest BCUT2D eigenvalue weighted by molar-refractivity contribution is 5.76. The third kappa shape index (κ3) is 6.90. The van der Waals surface area contributed by atoms with Crippen molar-refractivity contribution in [3.8, 4) is 0 Å². The predicted octanol–water partition coefficient (Wildman–Crippen LogP) is -0.0535. The van der Waals surface area contributed by atoms with Gasteiger partial charge in [-0.05, 0) is 18.8 Å². The third-order valence-corrected chi connectivity index (χ3v) is 2.68. The molecule has 0 spiro atoms. The molecule has 0 aromatic rings. The van der Waals surface area contributed by atoms with Gasteiger partial charge in [-0.3, -0.25) is 4.79 Å². The Kier molecular flexibility index (Phi) is 7.91. The SMILES string of the molecule is COCCOCCOCCOC(=O)C(N)C1CC1. The van der Waals surface area contributed by atoms with Crippen molar-refractivity contribution in [3.63, 3.8) is 0 Å². The molecule has 1 rings (SSSR count). The number of methoxy groups -OCH3 is 1. The second kappa shape index (κ2) is 9.27. The number of nitrogens with two attached hydrogens (primary N) is 1. The highest BCUT2D eigenvalue weighted by Gasteiger charge is 2.34. The summed E-state index contributed by atoms with van der Waals surface area (Å²) in [6, 6.07) is -0.456. The third-order valence-electron chi connectivity index (χ3n) is 2.68. The minimum absolute atomic E-state index is 0.247. The second-order valence-electron chi connectivity index (χ2n) is 4.25. The lowest BCUT2D eigenvalue weighted by molar-refractivity contribution is -0.147. The molecule has 1 saturated carbocycles. The van der Waals surface area contributed by atoms with Gasteiger partial charge in [0.15, 0.2) is 0 Å². The molecule has 0 saturated heterocycles. The fourth-order valence-electron chi connectivity index (χ4n) is 1.41. The van der Waals surface area contributed by atoms with Gasteiger partial charge in [0.25, 0.3) is 0 Å². The fourth-order valence-corrected chi connectivity index (χ4v) is 1.41. The summed E-state index contributed by atoms with van der Waals surface area (Å²) in [6.45, 7) is 2.75. The summed E-state index contributed by atoms with van der Waals surface area (Å²) in [5.74, 6) is 0.00467. The topological polar surface area (TPSA) is 80.0 Å². The van der Waals surface area contributed by atoms with Gasteiger partial charge in [0.2, 0.25) is 0 Å². The van der Waals surface area contributed by atoms with Crippen molar-refractivity contribution in [1.82, 2.24) is 0 Å². The first kappa shape index (κ1) is 15.4. The monoisotopic (exact) mass is 261 g/mol. The number of hydrogen-bond acceptors (Lipinski definition) is 6. The Hall–Kier alpha value is -0.690. The minimum Gasteiger partial charge on any atom is -0.462 e. The van der Waals surface area contributed by atoms with Crippen LogP contribution in [0.25, 0.3) is 0 Å². The van der Waals surface area contributed by atoms with Gasteiger partial charge < -0.3 is 24.7 Å². The quantitative estimate of drug-likeness (QED) is 0.415. The van der Waals surface area contributed by atoms with Crippen molar-refractivity contribution in [2.24, 2.45) is 11.7 Å². The van der Waals surface area contributed by atoms with Crippen LogP contribution in [0.2, 0.25) is 0 Å². The van der Waals surface area contributed by atoms with E-state index in [9.17, 15) is 4.79 Å². The van der Waals surface area contributed by atoms with E-state index in [1.807, 2.05) is 0 Å². The van der Waals surface area contributed by atoms with E-state index in [2.05, 4.69) is 0 Å². The molecule has 0 bridgehead atoms. The normalized spacial score (nSPS) is 16.6. The Morgan fingerprint density at radius 3 is 2.22 bits per heavy atom. The van der Waals surface area contributed by atoms with Gasteiger partial charge in [-0.1, -0.05) is 0 Å². The van der Waals surface area contributed by atoms with Crippen LogP contribution in [0.1, 0.15) is 12.8 Å². The van der Waals surface area contributed by atoms with Crippen LogP contribution in [-0.4, -0.2) is 58.8 Å². The fraction of sp³-hybridized carbons (Fsp3) is 0.917. The van der Waals surface area contributed by atoms with E-state index < -0.39 is 6.04 Å². The molecule has 1 unspecified atom stereocenters. The summed E-state index contributed by atoms with van der Waals surface area (Å²) >= 11 is 0. The van der Waals surface area contributed by atoms with Crippen LogP contribution in [0, 0.1) is 5.92 Å². The molecule has 0 aliphatic heterocycles. The summed E-state index contributed by atoms with van der Waals surface area (Å²) in [4.78, 5) is 11.4. The van der Waals surface area contributed by atoms with Gasteiger partial charge >= 0.3 is 5.97 Å². The van der Waals surface area contributed by atoms with E-state index in [0.29, 0.717) is 39.0 Å². The van der Waals surface area contributed by atoms with Gasteiger partial charge in [0.05, 0.1) is 33.0 Å². The number of carbonyl (C=O) groups is 1. The smallest absolute Gasteiger partial charge is 0.323 e. The van der Waals surface area contributed by atoms with E-state index in [1.54, 1.807) is 7.11 Å². The van der Waals surface area contributed by atoms with Gasteiger partial charge in [0, 0.05) is 7.11 Å². The molecule has 18 heavy (non-hydrogen) atoms. The highest BCUT2D eigenvalue weighted by atomic mass is 16.6. The number of hydrogen-bond donors (Lipinski definition) is 1. The van der Waals surface area contributed by atoms with Crippen molar-refractivity contribution in [2.45, 2.75) is 18.9 Å². The predicted molar refractivity (Wildman–Crippen MR) is 65.2 cm³/mol. The average Bonchev–Trinajstić information content (AvgIpc) is 3.20. The van der Waals surface area contributed by atoms with Gasteiger partial charge in [-0.25, -0.2) is 0 Å². The van der Waals surface area contributed by atoms with Crippen LogP contribution >= 0.6 is 0 Å². The molecular weight excluding hydrogens is 238 g/mol. The van der Waals surface area contributed by atoms with Crippen LogP contribution in [0.15, 0.2) is 0 Å². The molecule has 106 valence electrons. The Bertz CT molecular complexity index is 233. The van der Waals surface area contributed by atoms with Crippen molar-refractivity contribution in [2.75, 3.05) is 46.8 Å². The molecule has 1 aliphatic rings. The highest BCUT2D eigenvalue weighted by Crippen LogP contribution is 2.31. The number of esters is 1. The van der Waals surface area contributed by atoms with Crippen LogP contribution < -0.4 is 5.73 Å². The number of ether oxygens (including phenoxy) is 4. The summed E-state index contributed by atoms with van der Waals surface area (Å²) < 4.78 is 20.3. The molecule has 6 heteroatoms. The van der Waals surface area contributed by atoms with E-state index in [1.165, 1.54) is 0 Å². The standard InChI is InChI=1S/C12H23NO5/c1-15-4-5-16-6-7-17-8-9-18-12(14)11(13)10-2-3-10/h10-11H,2-9,13H2,1H3. The molecule has 1 aliphatic carbocycles. The van der Waals surface area contributed by atoms with Gasteiger partial charge in [0.1, 0.15) is 12.6 Å². The summed E-state index contributed by atoms with van der Waals surface area (Å²) in [5.41, 5.74) is 5.68. The molecule has 0 radical (unpaired) electrons. The van der Waals surface area contributed by atoms with E-state index in [0.717, 1.165) is 12.8 Å². The number of rotatable bonds is 11. The Morgan fingerprint density at radius 1 is 1.11 bits per heavy atom. The van der Waals surface area contributed by atoms with E-state index in [4.69, 9.17) is 24.7 Å². The zero-order chi connectivity index (χ0) is 13.2. The van der Waals surface area contributed by atoms with Crippen LogP contribution in [-0.2, 0) is 23.7 Å². The first-order valence-electron chi connectivity index (χ1n) is 6.32. The molecule has 1 atom stereocenters. The molecule has 0 heterocycles. The van der Waals surface area contributed by atoms with Crippen molar-refractivity contribution in [3.05, 3.63) is 0 Å². The molecule has 6 nitrogen and oxygen atoms in total. The summed E-state index contributed by atoms with van der Waals surface area (Å²) in [6.07, 6.45) is 2.07. The average molecular weight is 261 g/mol. The number of carbonyl (C=O) groups excluding carboxylic acids is 1. The Labute approximate surface area is 108 Å². The van der Waals surface area contributed by atoms with Crippen LogP contribution in [0.3, 0.4) is 0 Å². The second-order valence-corrected chi connectivity index (χ2v) is 4.25. The first-order valence-corrected chi connectivity index (χ1v) is 6.32. The zero-order valence-corrected chi connectivity index (χ0v) is 10.9. The maximum absolute atomic E-state index is 11.4. The lowest BCUT2D eigenvalue weighted by Crippen LogP contribution is -2.34. The molecular formula is C12H23NO5. The molecule has 0 aromatic heterocycles. The van der Waals surface area contributed by atoms with Crippen molar-refractivity contribution >= 4 is 5.97 Å². The first-order chi connectivity index (χ1) is 8.75. The van der Waals surface area contributed by atoms with E-state index in [-0.39, 0.29) is 12.6 Å². The maximum atomic E-state index is 11.4. The lowest BCUT2D eigenvalue weighted by atomic mass is 10.2. The molecule has 1 fully saturated rings. The van der Waals surface area contributed by atoms with Gasteiger partial charge in [-0.2, -0.15) is 0 Å². The zero-order valence-electron chi connectivity index (χ0n) is 10.9. The molecule has 0 aromatic carbocycles.